The summed E-state index contributed by atoms with van der Waals surface area (Å²) in [6, 6.07) is 7.27. The van der Waals surface area contributed by atoms with Gasteiger partial charge in [-0.1, -0.05) is 19.1 Å². The number of nitrogens with one attached hydrogen (secondary N) is 1. The van der Waals surface area contributed by atoms with Crippen LogP contribution in [0.1, 0.15) is 24.7 Å². The molecule has 5 nitrogen and oxygen atoms in total. The Balaban J connectivity index is 1.85. The summed E-state index contributed by atoms with van der Waals surface area (Å²) in [5, 5.41) is 2.45. The van der Waals surface area contributed by atoms with Crippen molar-refractivity contribution < 1.29 is 27.2 Å². The smallest absolute Gasteiger partial charge is 0.416 e. The summed E-state index contributed by atoms with van der Waals surface area (Å²) in [5.74, 6) is 0.0124. The zero-order chi connectivity index (χ0) is 18.9. The van der Waals surface area contributed by atoms with Gasteiger partial charge in [0.1, 0.15) is 17.2 Å². The van der Waals surface area contributed by atoms with Crippen molar-refractivity contribution in [2.45, 2.75) is 19.5 Å². The first-order valence-electron chi connectivity index (χ1n) is 7.91. The third-order valence-corrected chi connectivity index (χ3v) is 3.80. The SMILES string of the molecule is CCCN1C(=O)N/C(=C\c2ccc(-c3cccc(C(F)(F)F)c3)o2)C1=O. The molecule has 0 radical (unpaired) electrons. The number of alkyl halides is 3. The lowest BCUT2D eigenvalue weighted by atomic mass is 10.1. The number of carbonyl (C=O) groups is 2. The van der Waals surface area contributed by atoms with Gasteiger partial charge in [-0.05, 0) is 30.7 Å². The number of rotatable bonds is 4. The fourth-order valence-corrected chi connectivity index (χ4v) is 2.57. The summed E-state index contributed by atoms with van der Waals surface area (Å²) < 4.78 is 44.0. The van der Waals surface area contributed by atoms with Crippen LogP contribution < -0.4 is 5.32 Å². The van der Waals surface area contributed by atoms with E-state index in [1.165, 1.54) is 30.3 Å². The molecule has 1 aliphatic heterocycles. The van der Waals surface area contributed by atoms with E-state index in [-0.39, 0.29) is 22.8 Å². The molecule has 0 saturated carbocycles. The van der Waals surface area contributed by atoms with Crippen molar-refractivity contribution in [3.63, 3.8) is 0 Å². The summed E-state index contributed by atoms with van der Waals surface area (Å²) in [6.45, 7) is 2.14. The first kappa shape index (κ1) is 17.8. The number of amides is 3. The summed E-state index contributed by atoms with van der Waals surface area (Å²) in [5.41, 5.74) is -0.452. The van der Waals surface area contributed by atoms with Gasteiger partial charge in [0.05, 0.1) is 5.56 Å². The lowest BCUT2D eigenvalue weighted by Gasteiger charge is -2.08. The molecule has 0 spiro atoms. The van der Waals surface area contributed by atoms with Crippen molar-refractivity contribution in [1.29, 1.82) is 0 Å². The molecule has 1 fully saturated rings. The molecule has 2 heterocycles. The molecule has 0 unspecified atom stereocenters. The molecule has 1 aromatic carbocycles. The highest BCUT2D eigenvalue weighted by Gasteiger charge is 2.33. The summed E-state index contributed by atoms with van der Waals surface area (Å²) in [7, 11) is 0. The zero-order valence-electron chi connectivity index (χ0n) is 13.8. The molecule has 1 saturated heterocycles. The predicted octanol–water partition coefficient (Wildman–Crippen LogP) is 4.27. The van der Waals surface area contributed by atoms with E-state index < -0.39 is 23.7 Å². The Morgan fingerprint density at radius 3 is 2.65 bits per heavy atom. The average Bonchev–Trinajstić information content (AvgIpc) is 3.15. The van der Waals surface area contributed by atoms with Gasteiger partial charge in [-0.2, -0.15) is 13.2 Å². The first-order chi connectivity index (χ1) is 12.3. The molecule has 0 atom stereocenters. The molecule has 136 valence electrons. The summed E-state index contributed by atoms with van der Waals surface area (Å²) in [6.07, 6.45) is -2.46. The van der Waals surface area contributed by atoms with E-state index in [2.05, 4.69) is 5.32 Å². The van der Waals surface area contributed by atoms with E-state index in [1.807, 2.05) is 6.92 Å². The van der Waals surface area contributed by atoms with Crippen LogP contribution in [0.4, 0.5) is 18.0 Å². The molecular formula is C18H15F3N2O3. The molecular weight excluding hydrogens is 349 g/mol. The van der Waals surface area contributed by atoms with Crippen LogP contribution in [-0.2, 0) is 11.0 Å². The van der Waals surface area contributed by atoms with Crippen LogP contribution in [0.15, 0.2) is 46.5 Å². The van der Waals surface area contributed by atoms with Crippen molar-refractivity contribution in [2.24, 2.45) is 0 Å². The number of hydrogen-bond acceptors (Lipinski definition) is 3. The van der Waals surface area contributed by atoms with Gasteiger partial charge >= 0.3 is 12.2 Å². The minimum absolute atomic E-state index is 0.0633. The van der Waals surface area contributed by atoms with Crippen LogP contribution in [0.3, 0.4) is 0 Å². The monoisotopic (exact) mass is 364 g/mol. The van der Waals surface area contributed by atoms with Crippen LogP contribution in [-0.4, -0.2) is 23.4 Å². The topological polar surface area (TPSA) is 62.6 Å². The third kappa shape index (κ3) is 3.49. The van der Waals surface area contributed by atoms with Crippen LogP contribution >= 0.6 is 0 Å². The van der Waals surface area contributed by atoms with E-state index in [0.29, 0.717) is 13.0 Å². The number of carbonyl (C=O) groups excluding carboxylic acids is 2. The minimum Gasteiger partial charge on any atom is -0.457 e. The number of nitrogens with zero attached hydrogens (tertiary/aromatic N) is 1. The molecule has 3 rings (SSSR count). The number of furan rings is 1. The lowest BCUT2D eigenvalue weighted by Crippen LogP contribution is -2.31. The van der Waals surface area contributed by atoms with E-state index >= 15 is 0 Å². The Labute approximate surface area is 147 Å². The molecule has 0 aliphatic carbocycles. The van der Waals surface area contributed by atoms with E-state index in [1.54, 1.807) is 0 Å². The van der Waals surface area contributed by atoms with Gasteiger partial charge in [0, 0.05) is 18.2 Å². The van der Waals surface area contributed by atoms with Crippen molar-refractivity contribution in [3.05, 3.63) is 53.4 Å². The highest BCUT2D eigenvalue weighted by molar-refractivity contribution is 6.13. The Kier molecular flexibility index (Phi) is 4.58. The molecule has 1 N–H and O–H groups in total. The fraction of sp³-hybridized carbons (Fsp3) is 0.222. The van der Waals surface area contributed by atoms with Crippen LogP contribution in [0.5, 0.6) is 0 Å². The number of hydrogen-bond donors (Lipinski definition) is 1. The number of benzene rings is 1. The zero-order valence-corrected chi connectivity index (χ0v) is 13.8. The highest BCUT2D eigenvalue weighted by Crippen LogP contribution is 2.33. The quantitative estimate of drug-likeness (QED) is 0.651. The van der Waals surface area contributed by atoms with Crippen LogP contribution in [0, 0.1) is 0 Å². The number of halogens is 3. The Hall–Kier alpha value is -3.03. The lowest BCUT2D eigenvalue weighted by molar-refractivity contribution is -0.137. The van der Waals surface area contributed by atoms with Gasteiger partial charge in [-0.3, -0.25) is 9.69 Å². The van der Waals surface area contributed by atoms with Crippen LogP contribution in [0.2, 0.25) is 0 Å². The number of imide groups is 1. The van der Waals surface area contributed by atoms with Crippen molar-refractivity contribution in [2.75, 3.05) is 6.54 Å². The van der Waals surface area contributed by atoms with E-state index in [9.17, 15) is 22.8 Å². The Morgan fingerprint density at radius 2 is 1.96 bits per heavy atom. The molecule has 3 amide bonds. The average molecular weight is 364 g/mol. The Morgan fingerprint density at radius 1 is 1.19 bits per heavy atom. The molecule has 8 heteroatoms. The maximum absolute atomic E-state index is 12.8. The largest absolute Gasteiger partial charge is 0.457 e. The van der Waals surface area contributed by atoms with E-state index in [4.69, 9.17) is 4.42 Å². The number of urea groups is 1. The van der Waals surface area contributed by atoms with Gasteiger partial charge in [0.15, 0.2) is 0 Å². The normalized spacial score (nSPS) is 16.5. The summed E-state index contributed by atoms with van der Waals surface area (Å²) in [4.78, 5) is 25.0. The summed E-state index contributed by atoms with van der Waals surface area (Å²) >= 11 is 0. The maximum Gasteiger partial charge on any atom is 0.416 e. The van der Waals surface area contributed by atoms with Gasteiger partial charge in [-0.15, -0.1) is 0 Å². The molecule has 1 aromatic heterocycles. The predicted molar refractivity (Wildman–Crippen MR) is 87.7 cm³/mol. The van der Waals surface area contributed by atoms with Gasteiger partial charge in [-0.25, -0.2) is 4.79 Å². The molecule has 0 bridgehead atoms. The molecule has 26 heavy (non-hydrogen) atoms. The third-order valence-electron chi connectivity index (χ3n) is 3.80. The fourth-order valence-electron chi connectivity index (χ4n) is 2.57. The second kappa shape index (κ2) is 6.70. The van der Waals surface area contributed by atoms with Crippen molar-refractivity contribution in [1.82, 2.24) is 10.2 Å². The molecule has 1 aliphatic rings. The Bertz CT molecular complexity index is 884. The first-order valence-corrected chi connectivity index (χ1v) is 7.91. The van der Waals surface area contributed by atoms with Crippen molar-refractivity contribution in [3.8, 4) is 11.3 Å². The highest BCUT2D eigenvalue weighted by atomic mass is 19.4. The van der Waals surface area contributed by atoms with Gasteiger partial charge < -0.3 is 9.73 Å². The van der Waals surface area contributed by atoms with Gasteiger partial charge in [0.2, 0.25) is 0 Å². The maximum atomic E-state index is 12.8. The minimum atomic E-state index is -4.45. The van der Waals surface area contributed by atoms with E-state index in [0.717, 1.165) is 17.0 Å². The second-order valence-electron chi connectivity index (χ2n) is 5.73. The van der Waals surface area contributed by atoms with Gasteiger partial charge in [0.25, 0.3) is 5.91 Å². The second-order valence-corrected chi connectivity index (χ2v) is 5.73. The van der Waals surface area contributed by atoms with Crippen molar-refractivity contribution >= 4 is 18.0 Å². The molecule has 2 aromatic rings. The van der Waals surface area contributed by atoms with Crippen LogP contribution in [0.25, 0.3) is 17.4 Å². The standard InChI is InChI=1S/C18H15F3N2O3/c1-2-8-23-16(24)14(22-17(23)25)10-13-6-7-15(26-13)11-4-3-5-12(9-11)18(19,20)21/h3-7,9-10H,2,8H2,1H3,(H,22,25)/b14-10-.